The van der Waals surface area contributed by atoms with Gasteiger partial charge in [0, 0.05) is 49.9 Å². The van der Waals surface area contributed by atoms with E-state index in [0.29, 0.717) is 31.9 Å². The minimum atomic E-state index is -5.05. The third-order valence-corrected chi connectivity index (χ3v) is 8.83. The van der Waals surface area contributed by atoms with Gasteiger partial charge in [0.25, 0.3) is 0 Å². The lowest BCUT2D eigenvalue weighted by Gasteiger charge is -2.34. The van der Waals surface area contributed by atoms with Crippen LogP contribution in [0.1, 0.15) is 32.1 Å². The van der Waals surface area contributed by atoms with Crippen LogP contribution in [0.3, 0.4) is 0 Å². The first-order valence-electron chi connectivity index (χ1n) is 14.1. The largest absolute Gasteiger partial charge is 0.573 e. The molecule has 4 aliphatic rings. The van der Waals surface area contributed by atoms with Crippen molar-refractivity contribution >= 4 is 16.7 Å². The second-order valence-corrected chi connectivity index (χ2v) is 11.6. The number of phenols is 1. The Bertz CT molecular complexity index is 1510. The topological polar surface area (TPSA) is 95.9 Å². The van der Waals surface area contributed by atoms with E-state index in [0.717, 1.165) is 50.4 Å². The number of aromatic nitrogens is 3. The molecule has 9 nitrogen and oxygen atoms in total. The third-order valence-electron chi connectivity index (χ3n) is 8.83. The van der Waals surface area contributed by atoms with E-state index in [4.69, 9.17) is 4.74 Å². The van der Waals surface area contributed by atoms with Gasteiger partial charge in [-0.2, -0.15) is 9.97 Å². The predicted molar refractivity (Wildman–Crippen MR) is 142 cm³/mol. The zero-order valence-corrected chi connectivity index (χ0v) is 22.5. The number of fused-ring (bicyclic) bond motifs is 4. The van der Waals surface area contributed by atoms with Gasteiger partial charge in [-0.3, -0.25) is 9.88 Å². The number of phenolic OH excluding ortho intramolecular Hbond substituents is 1. The first kappa shape index (κ1) is 27.3. The maximum absolute atomic E-state index is 16.3. The van der Waals surface area contributed by atoms with Gasteiger partial charge in [0.2, 0.25) is 0 Å². The molecule has 7 rings (SSSR count). The molecule has 2 bridgehead atoms. The van der Waals surface area contributed by atoms with Gasteiger partial charge in [0.1, 0.15) is 41.3 Å². The van der Waals surface area contributed by atoms with Crippen molar-refractivity contribution in [1.82, 2.24) is 25.2 Å². The van der Waals surface area contributed by atoms with Crippen LogP contribution in [0.4, 0.5) is 27.8 Å². The fourth-order valence-electron chi connectivity index (χ4n) is 7.05. The predicted octanol–water partition coefficient (Wildman–Crippen LogP) is 4.33. The second kappa shape index (κ2) is 10.0. The highest BCUT2D eigenvalue weighted by Gasteiger charge is 2.49. The molecule has 4 saturated heterocycles. The van der Waals surface area contributed by atoms with Crippen LogP contribution in [0.25, 0.3) is 22.2 Å². The van der Waals surface area contributed by atoms with Crippen molar-refractivity contribution in [2.45, 2.75) is 62.3 Å². The summed E-state index contributed by atoms with van der Waals surface area (Å²) in [6.45, 7) is 2.46. The summed E-state index contributed by atoms with van der Waals surface area (Å²) < 4.78 is 80.2. The summed E-state index contributed by atoms with van der Waals surface area (Å²) in [6.07, 6.45) is -0.699. The van der Waals surface area contributed by atoms with E-state index < -0.39 is 46.6 Å². The average Bonchev–Trinajstić information content (AvgIpc) is 3.58. The first-order valence-corrected chi connectivity index (χ1v) is 14.1. The van der Waals surface area contributed by atoms with E-state index in [1.807, 2.05) is 4.90 Å². The van der Waals surface area contributed by atoms with Gasteiger partial charge in [-0.05, 0) is 50.4 Å². The van der Waals surface area contributed by atoms with Crippen molar-refractivity contribution in [2.24, 2.45) is 0 Å². The lowest BCUT2D eigenvalue weighted by molar-refractivity contribution is -0.274. The number of nitrogens with zero attached hydrogens (tertiary/aromatic N) is 5. The molecule has 14 heteroatoms. The van der Waals surface area contributed by atoms with E-state index in [-0.39, 0.29) is 35.6 Å². The van der Waals surface area contributed by atoms with E-state index in [9.17, 15) is 22.7 Å². The summed E-state index contributed by atoms with van der Waals surface area (Å²) in [6, 6.07) is 3.21. The molecule has 42 heavy (non-hydrogen) atoms. The van der Waals surface area contributed by atoms with Gasteiger partial charge < -0.3 is 24.8 Å². The van der Waals surface area contributed by atoms with Crippen LogP contribution in [0, 0.1) is 5.82 Å². The average molecular weight is 593 g/mol. The van der Waals surface area contributed by atoms with Crippen molar-refractivity contribution in [1.29, 1.82) is 0 Å². The Morgan fingerprint density at radius 3 is 2.67 bits per heavy atom. The molecule has 0 radical (unpaired) electrons. The molecule has 4 aliphatic heterocycles. The Labute approximate surface area is 237 Å². The van der Waals surface area contributed by atoms with Crippen molar-refractivity contribution in [3.63, 3.8) is 0 Å². The van der Waals surface area contributed by atoms with Crippen LogP contribution in [0.2, 0.25) is 0 Å². The molecule has 2 unspecified atom stereocenters. The number of rotatable bonds is 6. The number of halogens is 5. The highest BCUT2D eigenvalue weighted by molar-refractivity contribution is 5.92. The quantitative estimate of drug-likeness (QED) is 0.406. The van der Waals surface area contributed by atoms with E-state index in [2.05, 4.69) is 29.9 Å². The number of alkyl halides is 4. The molecule has 3 aromatic rings. The number of anilines is 1. The number of ether oxygens (including phenoxy) is 2. The van der Waals surface area contributed by atoms with Gasteiger partial charge in [0.05, 0.1) is 10.9 Å². The Morgan fingerprint density at radius 1 is 1.12 bits per heavy atom. The molecule has 6 heterocycles. The normalized spacial score (nSPS) is 27.5. The lowest BCUT2D eigenvalue weighted by Crippen LogP contribution is -2.51. The van der Waals surface area contributed by atoms with E-state index in [1.165, 1.54) is 6.20 Å². The number of benzene rings is 1. The van der Waals surface area contributed by atoms with Gasteiger partial charge >= 0.3 is 12.4 Å². The molecule has 1 aromatic carbocycles. The number of hydrogen-bond acceptors (Lipinski definition) is 9. The number of hydrogen-bond donors (Lipinski definition) is 2. The fourth-order valence-corrected chi connectivity index (χ4v) is 7.05. The number of pyridine rings is 1. The molecule has 0 aliphatic carbocycles. The minimum absolute atomic E-state index is 0.106. The maximum Gasteiger partial charge on any atom is 0.573 e. The Kier molecular flexibility index (Phi) is 6.53. The standard InChI is InChI=1S/C28H29F5N6O3/c29-15-9-27(6-1-7-39(27)11-15)14-41-26-36-24-20(25(37-26)38-12-16-2-3-17(13-38)35-16)10-34-23(22(24)30)19-8-18(40)4-5-21(19)42-28(31,32)33/h4-5,8,10,15-17,35,40H,1-3,6-7,9,11-14H2/t15-,16?,17?,27+/m1/s1. The Balaban J connectivity index is 1.32. The molecule has 4 fully saturated rings. The summed E-state index contributed by atoms with van der Waals surface area (Å²) >= 11 is 0. The zero-order valence-electron chi connectivity index (χ0n) is 22.5. The zero-order chi connectivity index (χ0) is 29.2. The monoisotopic (exact) mass is 592 g/mol. The van der Waals surface area contributed by atoms with Gasteiger partial charge in [-0.15, -0.1) is 13.2 Å². The molecular weight excluding hydrogens is 563 g/mol. The Hall–Kier alpha value is -3.52. The highest BCUT2D eigenvalue weighted by Crippen LogP contribution is 2.42. The number of nitrogens with one attached hydrogen (secondary N) is 1. The van der Waals surface area contributed by atoms with Crippen molar-refractivity contribution in [2.75, 3.05) is 37.7 Å². The molecule has 4 atom stereocenters. The van der Waals surface area contributed by atoms with Crippen LogP contribution in [0.5, 0.6) is 17.5 Å². The molecule has 224 valence electrons. The van der Waals surface area contributed by atoms with E-state index in [1.54, 1.807) is 0 Å². The summed E-state index contributed by atoms with van der Waals surface area (Å²) in [5.74, 6) is -1.72. The molecule has 2 aromatic heterocycles. The van der Waals surface area contributed by atoms with Crippen molar-refractivity contribution in [3.05, 3.63) is 30.2 Å². The summed E-state index contributed by atoms with van der Waals surface area (Å²) in [7, 11) is 0. The summed E-state index contributed by atoms with van der Waals surface area (Å²) in [5.41, 5.74) is -1.55. The number of aromatic hydroxyl groups is 1. The summed E-state index contributed by atoms with van der Waals surface area (Å²) in [5, 5.41) is 13.8. The van der Waals surface area contributed by atoms with Crippen LogP contribution >= 0.6 is 0 Å². The van der Waals surface area contributed by atoms with Crippen LogP contribution in [-0.4, -0.2) is 87.9 Å². The third kappa shape index (κ3) is 4.93. The highest BCUT2D eigenvalue weighted by atomic mass is 19.4. The van der Waals surface area contributed by atoms with Crippen LogP contribution in [0.15, 0.2) is 24.4 Å². The SMILES string of the molecule is Oc1ccc(OC(F)(F)F)c(-c2ncc3c(N4CC5CCC(C4)N5)nc(OC[C@@]45CCCN4C[C@H](F)C5)nc3c2F)c1. The lowest BCUT2D eigenvalue weighted by atomic mass is 9.95. The fraction of sp³-hybridized carbons (Fsp3) is 0.536. The van der Waals surface area contributed by atoms with Gasteiger partial charge in [-0.25, -0.2) is 8.78 Å². The molecule has 0 saturated carbocycles. The van der Waals surface area contributed by atoms with Gasteiger partial charge in [-0.1, -0.05) is 0 Å². The van der Waals surface area contributed by atoms with Crippen LogP contribution < -0.4 is 19.7 Å². The molecule has 2 N–H and O–H groups in total. The van der Waals surface area contributed by atoms with E-state index >= 15 is 4.39 Å². The molecular formula is C28H29F5N6O3. The minimum Gasteiger partial charge on any atom is -0.508 e. The second-order valence-electron chi connectivity index (χ2n) is 11.6. The number of piperazine rings is 1. The molecule has 0 amide bonds. The van der Waals surface area contributed by atoms with Crippen LogP contribution in [-0.2, 0) is 0 Å². The smallest absolute Gasteiger partial charge is 0.508 e. The first-order chi connectivity index (χ1) is 20.1. The van der Waals surface area contributed by atoms with Crippen molar-refractivity contribution in [3.8, 4) is 28.8 Å². The molecule has 0 spiro atoms. The summed E-state index contributed by atoms with van der Waals surface area (Å²) in [4.78, 5) is 17.3. The van der Waals surface area contributed by atoms with Crippen molar-refractivity contribution < 1.29 is 36.5 Å². The van der Waals surface area contributed by atoms with Gasteiger partial charge in [0.15, 0.2) is 5.82 Å². The Morgan fingerprint density at radius 2 is 1.90 bits per heavy atom. The maximum atomic E-state index is 16.3.